The third-order valence-electron chi connectivity index (χ3n) is 5.54. The molecular weight excluding hydrogens is 456 g/mol. The molecule has 3 rings (SSSR count). The minimum atomic E-state index is -3.85. The quantitative estimate of drug-likeness (QED) is 0.363. The van der Waals surface area contributed by atoms with E-state index in [4.69, 9.17) is 0 Å². The van der Waals surface area contributed by atoms with Crippen LogP contribution in [0.25, 0.3) is 0 Å². The summed E-state index contributed by atoms with van der Waals surface area (Å²) in [4.78, 5) is 33.0. The van der Waals surface area contributed by atoms with Gasteiger partial charge in [0.25, 0.3) is 5.91 Å². The Morgan fingerprint density at radius 2 is 2.00 bits per heavy atom. The van der Waals surface area contributed by atoms with Gasteiger partial charge in [-0.3, -0.25) is 9.59 Å². The van der Waals surface area contributed by atoms with Crippen LogP contribution in [0.3, 0.4) is 0 Å². The monoisotopic (exact) mass is 490 g/mol. The van der Waals surface area contributed by atoms with E-state index in [1.54, 1.807) is 19.9 Å². The molecule has 1 aliphatic rings. The first-order valence-corrected chi connectivity index (χ1v) is 13.1. The van der Waals surface area contributed by atoms with Crippen LogP contribution >= 0.6 is 0 Å². The molecule has 5 N–H and O–H groups in total. The van der Waals surface area contributed by atoms with Gasteiger partial charge >= 0.3 is 0 Å². The minimum Gasteiger partial charge on any atom is -0.379 e. The molecule has 0 saturated carbocycles. The van der Waals surface area contributed by atoms with Crippen molar-refractivity contribution in [1.82, 2.24) is 25.3 Å². The number of nitrogens with one attached hydrogen (secondary N) is 5. The third kappa shape index (κ3) is 6.57. The second-order valence-electron chi connectivity index (χ2n) is 8.80. The number of sulfonamides is 1. The molecular formula is C23H34N6O4S. The lowest BCUT2D eigenvalue weighted by Gasteiger charge is -2.17. The molecule has 2 heterocycles. The number of benzene rings is 1. The van der Waals surface area contributed by atoms with Gasteiger partial charge in [0, 0.05) is 36.0 Å². The zero-order chi connectivity index (χ0) is 24.9. The Morgan fingerprint density at radius 3 is 2.68 bits per heavy atom. The molecule has 0 aliphatic carbocycles. The topological polar surface area (TPSA) is 145 Å². The summed E-state index contributed by atoms with van der Waals surface area (Å²) in [6.45, 7) is 8.32. The highest BCUT2D eigenvalue weighted by atomic mass is 32.2. The summed E-state index contributed by atoms with van der Waals surface area (Å²) in [5.41, 5.74) is 2.35. The average Bonchev–Trinajstić information content (AvgIpc) is 3.02. The van der Waals surface area contributed by atoms with Crippen molar-refractivity contribution < 1.29 is 18.0 Å². The van der Waals surface area contributed by atoms with E-state index in [0.29, 0.717) is 25.2 Å². The van der Waals surface area contributed by atoms with Gasteiger partial charge in [-0.05, 0) is 58.2 Å². The molecule has 2 amide bonds. The number of carbonyl (C=O) groups excluding carboxylic acids is 2. The van der Waals surface area contributed by atoms with Gasteiger partial charge in [0.2, 0.25) is 15.9 Å². The summed E-state index contributed by atoms with van der Waals surface area (Å²) in [5, 5.41) is 8.73. The molecule has 1 fully saturated rings. The zero-order valence-corrected chi connectivity index (χ0v) is 20.9. The number of hydrogen-bond acceptors (Lipinski definition) is 6. The predicted octanol–water partition coefficient (Wildman–Crippen LogP) is 1.98. The van der Waals surface area contributed by atoms with Gasteiger partial charge in [-0.2, -0.15) is 0 Å². The second kappa shape index (κ2) is 11.0. The highest BCUT2D eigenvalue weighted by Crippen LogP contribution is 2.21. The smallest absolute Gasteiger partial charge is 0.252 e. The Hall–Kier alpha value is -2.92. The number of hydrogen-bond donors (Lipinski definition) is 5. The lowest BCUT2D eigenvalue weighted by molar-refractivity contribution is -0.122. The van der Waals surface area contributed by atoms with Crippen LogP contribution < -0.4 is 20.7 Å². The Bertz CT molecular complexity index is 1140. The number of anilines is 1. The fourth-order valence-corrected chi connectivity index (χ4v) is 5.09. The standard InChI is InChI=1S/C23H34N6O4S/c1-5-21-26-15(4)20(27-21)13-25-17-10-16(11-18(12-17)34(32,33)29-14(2)3)22(30)28-19-8-6-7-9-24-23(19)31/h10-12,14,19,25,29H,5-9,13H2,1-4H3,(H,24,31)(H,26,27)(H,28,30)/t19-/m0/s1. The zero-order valence-electron chi connectivity index (χ0n) is 20.1. The van der Waals surface area contributed by atoms with E-state index in [1.165, 1.54) is 12.1 Å². The number of carbonyl (C=O) groups is 2. The minimum absolute atomic E-state index is 0.0327. The SMILES string of the molecule is CCc1nc(CNc2cc(C(=O)N[C@H]3CCCCNC3=O)cc(S(=O)(=O)NC(C)C)c2)c(C)[nH]1. The van der Waals surface area contributed by atoms with Gasteiger partial charge in [0.05, 0.1) is 17.1 Å². The van der Waals surface area contributed by atoms with Crippen LogP contribution in [0.4, 0.5) is 5.69 Å². The summed E-state index contributed by atoms with van der Waals surface area (Å²) in [5.74, 6) is 0.139. The number of H-pyrrole nitrogens is 1. The van der Waals surface area contributed by atoms with E-state index >= 15 is 0 Å². The van der Waals surface area contributed by atoms with Crippen LogP contribution in [0, 0.1) is 6.92 Å². The molecule has 0 bridgehead atoms. The number of aromatic amines is 1. The molecule has 34 heavy (non-hydrogen) atoms. The average molecular weight is 491 g/mol. The molecule has 1 atom stereocenters. The van der Waals surface area contributed by atoms with Crippen molar-refractivity contribution in [1.29, 1.82) is 0 Å². The summed E-state index contributed by atoms with van der Waals surface area (Å²) >= 11 is 0. The number of nitrogens with zero attached hydrogens (tertiary/aromatic N) is 1. The summed E-state index contributed by atoms with van der Waals surface area (Å²) in [6.07, 6.45) is 2.97. The fraction of sp³-hybridized carbons (Fsp3) is 0.522. The number of rotatable bonds is 9. The van der Waals surface area contributed by atoms with E-state index in [1.807, 2.05) is 13.8 Å². The fourth-order valence-electron chi connectivity index (χ4n) is 3.77. The van der Waals surface area contributed by atoms with Gasteiger partial charge in [0.1, 0.15) is 11.9 Å². The van der Waals surface area contributed by atoms with Gasteiger partial charge in [-0.25, -0.2) is 18.1 Å². The Kier molecular flexibility index (Phi) is 8.32. The summed E-state index contributed by atoms with van der Waals surface area (Å²) in [7, 11) is -3.85. The van der Waals surface area contributed by atoms with Crippen molar-refractivity contribution in [3.63, 3.8) is 0 Å². The van der Waals surface area contributed by atoms with Crippen molar-refractivity contribution in [3.05, 3.63) is 41.0 Å². The van der Waals surface area contributed by atoms with Gasteiger partial charge in [-0.15, -0.1) is 0 Å². The lowest BCUT2D eigenvalue weighted by Crippen LogP contribution is -2.45. The molecule has 0 unspecified atom stereocenters. The van der Waals surface area contributed by atoms with E-state index in [0.717, 1.165) is 36.5 Å². The molecule has 1 aliphatic heterocycles. The molecule has 0 radical (unpaired) electrons. The Balaban J connectivity index is 1.89. The molecule has 2 aromatic rings. The van der Waals surface area contributed by atoms with Crippen molar-refractivity contribution in [2.75, 3.05) is 11.9 Å². The first-order valence-electron chi connectivity index (χ1n) is 11.6. The van der Waals surface area contributed by atoms with E-state index in [-0.39, 0.29) is 22.4 Å². The van der Waals surface area contributed by atoms with Crippen molar-refractivity contribution in [2.24, 2.45) is 0 Å². The van der Waals surface area contributed by atoms with E-state index in [9.17, 15) is 18.0 Å². The number of imidazole rings is 1. The maximum absolute atomic E-state index is 13.0. The molecule has 0 spiro atoms. The van der Waals surface area contributed by atoms with Crippen LogP contribution in [0.5, 0.6) is 0 Å². The molecule has 1 aromatic carbocycles. The predicted molar refractivity (Wildman–Crippen MR) is 130 cm³/mol. The van der Waals surface area contributed by atoms with Gasteiger partial charge in [0.15, 0.2) is 0 Å². The normalized spacial score (nSPS) is 16.7. The number of aromatic nitrogens is 2. The van der Waals surface area contributed by atoms with Crippen LogP contribution in [-0.4, -0.2) is 48.8 Å². The largest absolute Gasteiger partial charge is 0.379 e. The molecule has 11 heteroatoms. The maximum atomic E-state index is 13.0. The van der Waals surface area contributed by atoms with Crippen molar-refractivity contribution in [2.45, 2.75) is 76.9 Å². The van der Waals surface area contributed by atoms with E-state index < -0.39 is 22.0 Å². The molecule has 10 nitrogen and oxygen atoms in total. The first-order chi connectivity index (χ1) is 16.1. The van der Waals surface area contributed by atoms with Crippen LogP contribution in [0.2, 0.25) is 0 Å². The Morgan fingerprint density at radius 1 is 1.24 bits per heavy atom. The molecule has 186 valence electrons. The highest BCUT2D eigenvalue weighted by molar-refractivity contribution is 7.89. The number of amides is 2. The summed E-state index contributed by atoms with van der Waals surface area (Å²) in [6, 6.07) is 3.44. The Labute approximate surface area is 200 Å². The van der Waals surface area contributed by atoms with Crippen molar-refractivity contribution in [3.8, 4) is 0 Å². The van der Waals surface area contributed by atoms with Crippen LogP contribution in [0.15, 0.2) is 23.1 Å². The van der Waals surface area contributed by atoms with Gasteiger partial charge < -0.3 is 20.9 Å². The molecule has 1 saturated heterocycles. The maximum Gasteiger partial charge on any atom is 0.252 e. The molecule has 1 aromatic heterocycles. The van der Waals surface area contributed by atoms with Crippen LogP contribution in [0.1, 0.15) is 67.6 Å². The summed E-state index contributed by atoms with van der Waals surface area (Å²) < 4.78 is 28.3. The first kappa shape index (κ1) is 25.7. The lowest BCUT2D eigenvalue weighted by atomic mass is 10.1. The van der Waals surface area contributed by atoms with Crippen molar-refractivity contribution >= 4 is 27.5 Å². The third-order valence-corrected chi connectivity index (χ3v) is 7.18. The van der Waals surface area contributed by atoms with E-state index in [2.05, 4.69) is 30.6 Å². The number of aryl methyl sites for hydroxylation is 2. The van der Waals surface area contributed by atoms with Gasteiger partial charge in [-0.1, -0.05) is 6.92 Å². The highest BCUT2D eigenvalue weighted by Gasteiger charge is 2.25. The second-order valence-corrected chi connectivity index (χ2v) is 10.5. The van der Waals surface area contributed by atoms with Crippen LogP contribution in [-0.2, 0) is 27.8 Å².